The largest absolute Gasteiger partial charge is 0.505 e. The molecule has 0 spiro atoms. The minimum absolute atomic E-state index is 0.276. The molecule has 0 saturated heterocycles. The Hall–Kier alpha value is -4.83. The van der Waals surface area contributed by atoms with Crippen molar-refractivity contribution in [3.05, 3.63) is 125 Å². The predicted octanol–water partition coefficient (Wildman–Crippen LogP) is 7.59. The maximum atomic E-state index is 14.4. The number of aromatic hydroxyl groups is 1. The highest BCUT2D eigenvalue weighted by Gasteiger charge is 2.30. The quantitative estimate of drug-likeness (QED) is 0.0997. The van der Waals surface area contributed by atoms with E-state index in [1.165, 1.54) is 18.2 Å². The van der Waals surface area contributed by atoms with Crippen molar-refractivity contribution in [2.24, 2.45) is 0 Å². The van der Waals surface area contributed by atoms with Crippen LogP contribution in [0.3, 0.4) is 0 Å². The summed E-state index contributed by atoms with van der Waals surface area (Å²) in [6.45, 7) is 0. The van der Waals surface area contributed by atoms with Gasteiger partial charge in [0.15, 0.2) is 17.7 Å². The van der Waals surface area contributed by atoms with Gasteiger partial charge in [-0.05, 0) is 85.1 Å². The molecule has 0 bridgehead atoms. The van der Waals surface area contributed by atoms with Gasteiger partial charge in [0.25, 0.3) is 0 Å². The van der Waals surface area contributed by atoms with Gasteiger partial charge in [-0.3, -0.25) is 10.1 Å². The molecule has 0 saturated carbocycles. The van der Waals surface area contributed by atoms with Crippen LogP contribution in [-0.2, 0) is 9.53 Å². The number of allylic oxidation sites excluding steroid dienone is 1. The normalized spacial score (nSPS) is 12.3. The number of hydrogen-bond donors (Lipinski definition) is 4. The Balaban J connectivity index is 1.55. The van der Waals surface area contributed by atoms with Crippen LogP contribution in [0.15, 0.2) is 114 Å². The molecule has 4 aromatic rings. The first-order valence-corrected chi connectivity index (χ1v) is 13.8. The molecule has 4 aromatic carbocycles. The highest BCUT2D eigenvalue weighted by atomic mass is 79.9. The number of benzene rings is 4. The van der Waals surface area contributed by atoms with Gasteiger partial charge in [-0.2, -0.15) is 0 Å². The Bertz CT molecular complexity index is 1530. The molecule has 0 aliphatic rings. The van der Waals surface area contributed by atoms with Gasteiger partial charge in [-0.25, -0.2) is 9.18 Å². The van der Waals surface area contributed by atoms with E-state index >= 15 is 0 Å². The molecule has 0 radical (unpaired) electrons. The number of anilines is 3. The topological polar surface area (TPSA) is 123 Å². The Morgan fingerprint density at radius 1 is 0.952 bits per heavy atom. The van der Waals surface area contributed by atoms with Crippen LogP contribution in [0.1, 0.15) is 24.5 Å². The number of hydrogen-bond acceptors (Lipinski definition) is 6. The number of carbonyl (C=O) groups excluding carboxylic acids is 2. The SMILES string of the molecule is Nc1ccccc1NC(=O)/C=C/CC[C@H](Oc1ccccc1)[C@@H](OC(=O)Nc1ccc(Br)cc1)c1ccc(O)c(F)c1. The number of carbonyl (C=O) groups is 2. The van der Waals surface area contributed by atoms with Crippen LogP contribution in [0, 0.1) is 5.82 Å². The van der Waals surface area contributed by atoms with Gasteiger partial charge in [0.05, 0.1) is 11.4 Å². The van der Waals surface area contributed by atoms with Gasteiger partial charge < -0.3 is 25.6 Å². The molecule has 8 nitrogen and oxygen atoms in total. The van der Waals surface area contributed by atoms with Crippen molar-refractivity contribution < 1.29 is 28.6 Å². The molecule has 0 fully saturated rings. The van der Waals surface area contributed by atoms with Gasteiger partial charge in [-0.15, -0.1) is 0 Å². The molecular weight excluding hydrogens is 605 g/mol. The minimum atomic E-state index is -1.08. The molecule has 4 rings (SSSR count). The Morgan fingerprint density at radius 3 is 2.38 bits per heavy atom. The van der Waals surface area contributed by atoms with E-state index in [9.17, 15) is 19.1 Å². The molecular formula is C32H29BrFN3O5. The number of para-hydroxylation sites is 3. The van der Waals surface area contributed by atoms with Crippen LogP contribution in [0.4, 0.5) is 26.2 Å². The van der Waals surface area contributed by atoms with Crippen molar-refractivity contribution in [2.75, 3.05) is 16.4 Å². The number of amides is 2. The first kappa shape index (κ1) is 30.1. The lowest BCUT2D eigenvalue weighted by Gasteiger charge is -2.28. The zero-order valence-electron chi connectivity index (χ0n) is 22.4. The van der Waals surface area contributed by atoms with E-state index in [1.807, 2.05) is 6.07 Å². The number of nitrogens with two attached hydrogens (primary N) is 1. The lowest BCUT2D eigenvalue weighted by atomic mass is 9.99. The maximum absolute atomic E-state index is 14.4. The summed E-state index contributed by atoms with van der Waals surface area (Å²) in [4.78, 5) is 25.4. The molecule has 0 aromatic heterocycles. The zero-order valence-corrected chi connectivity index (χ0v) is 24.0. The van der Waals surface area contributed by atoms with Gasteiger partial charge in [0.1, 0.15) is 11.9 Å². The third-order valence-corrected chi connectivity index (χ3v) is 6.63. The summed E-state index contributed by atoms with van der Waals surface area (Å²) in [5.41, 5.74) is 7.60. The van der Waals surface area contributed by atoms with Crippen LogP contribution in [-0.4, -0.2) is 23.2 Å². The molecule has 0 heterocycles. The fraction of sp³-hybridized carbons (Fsp3) is 0.125. The summed E-state index contributed by atoms with van der Waals surface area (Å²) in [5, 5.41) is 15.2. The molecule has 2 amide bonds. The Labute approximate surface area is 251 Å². The average Bonchev–Trinajstić information content (AvgIpc) is 2.98. The van der Waals surface area contributed by atoms with E-state index in [-0.39, 0.29) is 17.9 Å². The number of nitrogens with one attached hydrogen (secondary N) is 2. The van der Waals surface area contributed by atoms with E-state index in [2.05, 4.69) is 26.6 Å². The predicted molar refractivity (Wildman–Crippen MR) is 164 cm³/mol. The third kappa shape index (κ3) is 8.84. The van der Waals surface area contributed by atoms with Crippen molar-refractivity contribution in [3.8, 4) is 11.5 Å². The van der Waals surface area contributed by atoms with Crippen LogP contribution in [0.25, 0.3) is 0 Å². The van der Waals surface area contributed by atoms with Crippen molar-refractivity contribution in [2.45, 2.75) is 25.0 Å². The monoisotopic (exact) mass is 633 g/mol. The van der Waals surface area contributed by atoms with Gasteiger partial charge >= 0.3 is 6.09 Å². The van der Waals surface area contributed by atoms with Gasteiger partial charge in [0.2, 0.25) is 5.91 Å². The number of halogens is 2. The average molecular weight is 635 g/mol. The summed E-state index contributed by atoms with van der Waals surface area (Å²) < 4.78 is 27.3. The van der Waals surface area contributed by atoms with Crippen LogP contribution >= 0.6 is 15.9 Å². The highest BCUT2D eigenvalue weighted by molar-refractivity contribution is 9.10. The number of phenols is 1. The van der Waals surface area contributed by atoms with Crippen molar-refractivity contribution >= 4 is 45.0 Å². The fourth-order valence-electron chi connectivity index (χ4n) is 4.04. The lowest BCUT2D eigenvalue weighted by Crippen LogP contribution is -2.31. The molecule has 0 unspecified atom stereocenters. The van der Waals surface area contributed by atoms with Crippen molar-refractivity contribution in [1.29, 1.82) is 0 Å². The number of rotatable bonds is 11. The highest BCUT2D eigenvalue weighted by Crippen LogP contribution is 2.31. The molecule has 10 heteroatoms. The molecule has 42 heavy (non-hydrogen) atoms. The lowest BCUT2D eigenvalue weighted by molar-refractivity contribution is -0.111. The molecule has 5 N–H and O–H groups in total. The summed E-state index contributed by atoms with van der Waals surface area (Å²) in [6.07, 6.45) is 1.00. The van der Waals surface area contributed by atoms with Gasteiger partial charge in [0, 0.05) is 10.2 Å². The number of phenolic OH excluding ortho intramolecular Hbond substituents is 1. The smallest absolute Gasteiger partial charge is 0.412 e. The van der Waals surface area contributed by atoms with E-state index in [0.717, 1.165) is 10.5 Å². The second-order valence-corrected chi connectivity index (χ2v) is 10.1. The second-order valence-electron chi connectivity index (χ2n) is 9.19. The standard InChI is InChI=1S/C32H29BrFN3O5/c33-22-15-17-23(18-16-22)36-32(40)42-31(21-14-19-28(38)25(34)20-21)29(41-24-8-2-1-3-9-24)12-6-7-13-30(39)37-27-11-5-4-10-26(27)35/h1-5,7-11,13-20,29,31,38H,6,12,35H2,(H,36,40)(H,37,39)/b13-7+/t29-,31-/m0/s1. The molecule has 216 valence electrons. The fourth-order valence-corrected chi connectivity index (χ4v) is 4.30. The summed E-state index contributed by atoms with van der Waals surface area (Å²) in [6, 6.07) is 26.5. The van der Waals surface area contributed by atoms with Crippen LogP contribution < -0.4 is 21.1 Å². The van der Waals surface area contributed by atoms with Crippen LogP contribution in [0.2, 0.25) is 0 Å². The third-order valence-electron chi connectivity index (χ3n) is 6.10. The van der Waals surface area contributed by atoms with Crippen LogP contribution in [0.5, 0.6) is 11.5 Å². The van der Waals surface area contributed by atoms with E-state index in [0.29, 0.717) is 29.2 Å². The number of ether oxygens (including phenoxy) is 2. The van der Waals surface area contributed by atoms with Crippen molar-refractivity contribution in [1.82, 2.24) is 0 Å². The Kier molecular flexibility index (Phi) is 10.5. The summed E-state index contributed by atoms with van der Waals surface area (Å²) in [7, 11) is 0. The molecule has 0 aliphatic carbocycles. The first-order chi connectivity index (χ1) is 20.3. The second kappa shape index (κ2) is 14.7. The van der Waals surface area contributed by atoms with E-state index < -0.39 is 29.9 Å². The number of nitrogen functional groups attached to an aromatic ring is 1. The zero-order chi connectivity index (χ0) is 29.9. The summed E-state index contributed by atoms with van der Waals surface area (Å²) >= 11 is 3.35. The molecule has 0 aliphatic heterocycles. The van der Waals surface area contributed by atoms with Crippen molar-refractivity contribution in [3.63, 3.8) is 0 Å². The Morgan fingerprint density at radius 2 is 1.67 bits per heavy atom. The van der Waals surface area contributed by atoms with E-state index in [1.54, 1.807) is 78.9 Å². The van der Waals surface area contributed by atoms with Gasteiger partial charge in [-0.1, -0.05) is 58.4 Å². The first-order valence-electron chi connectivity index (χ1n) is 13.0. The maximum Gasteiger partial charge on any atom is 0.412 e. The molecule has 2 atom stereocenters. The summed E-state index contributed by atoms with van der Waals surface area (Å²) in [5.74, 6) is -1.27. The van der Waals surface area contributed by atoms with E-state index in [4.69, 9.17) is 15.2 Å². The minimum Gasteiger partial charge on any atom is -0.505 e.